The Kier molecular flexibility index (Phi) is 5.29. The van der Waals surface area contributed by atoms with E-state index in [-0.39, 0.29) is 31.1 Å². The van der Waals surface area contributed by atoms with Crippen LogP contribution in [0.15, 0.2) is 36.5 Å². The molecule has 10 heteroatoms. The summed E-state index contributed by atoms with van der Waals surface area (Å²) in [5.74, 6) is 1.06. The minimum absolute atomic E-state index is 0.00260. The first-order chi connectivity index (χ1) is 15.2. The summed E-state index contributed by atoms with van der Waals surface area (Å²) in [6, 6.07) is 9.79. The second-order valence-electron chi connectivity index (χ2n) is 7.98. The molecule has 10 nitrogen and oxygen atoms in total. The van der Waals surface area contributed by atoms with E-state index in [1.54, 1.807) is 16.9 Å². The van der Waals surface area contributed by atoms with Gasteiger partial charge in [-0.15, -0.1) is 5.10 Å². The van der Waals surface area contributed by atoms with Crippen molar-refractivity contribution < 1.29 is 14.3 Å². The van der Waals surface area contributed by atoms with E-state index in [1.807, 2.05) is 24.3 Å². The zero-order valence-electron chi connectivity index (χ0n) is 17.0. The summed E-state index contributed by atoms with van der Waals surface area (Å²) >= 11 is 0. The Morgan fingerprint density at radius 1 is 1.03 bits per heavy atom. The van der Waals surface area contributed by atoms with Crippen molar-refractivity contribution in [2.75, 3.05) is 25.1 Å². The number of para-hydroxylation sites is 1. The Bertz CT molecular complexity index is 1090. The molecule has 2 fully saturated rings. The van der Waals surface area contributed by atoms with Gasteiger partial charge in [-0.25, -0.2) is 4.98 Å². The van der Waals surface area contributed by atoms with Gasteiger partial charge in [0.05, 0.1) is 5.52 Å². The van der Waals surface area contributed by atoms with Crippen LogP contribution in [0, 0.1) is 5.92 Å². The molecule has 0 spiro atoms. The van der Waals surface area contributed by atoms with Gasteiger partial charge in [-0.1, -0.05) is 17.3 Å². The molecule has 3 aromatic rings. The second-order valence-corrected chi connectivity index (χ2v) is 7.98. The summed E-state index contributed by atoms with van der Waals surface area (Å²) < 4.78 is 6.69. The number of carbonyl (C=O) groups excluding carboxylic acids is 2. The van der Waals surface area contributed by atoms with Crippen molar-refractivity contribution in [2.24, 2.45) is 5.92 Å². The number of aromatic nitrogens is 5. The third-order valence-electron chi connectivity index (χ3n) is 5.88. The minimum Gasteiger partial charge on any atom is -0.362 e. The van der Waals surface area contributed by atoms with Crippen LogP contribution in [-0.2, 0) is 14.3 Å². The number of carbonyl (C=O) groups is 2. The van der Waals surface area contributed by atoms with Crippen LogP contribution in [0.4, 0.5) is 5.95 Å². The highest BCUT2D eigenvalue weighted by Gasteiger charge is 2.31. The first kappa shape index (κ1) is 19.6. The molecule has 160 valence electrons. The molecule has 1 saturated heterocycles. The summed E-state index contributed by atoms with van der Waals surface area (Å²) in [7, 11) is 0. The number of morpholine rings is 1. The Hall–Kier alpha value is -3.40. The van der Waals surface area contributed by atoms with Crippen LogP contribution in [-0.4, -0.2) is 67.5 Å². The van der Waals surface area contributed by atoms with Gasteiger partial charge in [0.2, 0.25) is 5.95 Å². The van der Waals surface area contributed by atoms with E-state index in [1.165, 1.54) is 4.90 Å². The van der Waals surface area contributed by atoms with Gasteiger partial charge in [0, 0.05) is 24.8 Å². The highest BCUT2D eigenvalue weighted by molar-refractivity contribution is 5.98. The molecule has 2 amide bonds. The lowest BCUT2D eigenvalue weighted by Crippen LogP contribution is -2.48. The van der Waals surface area contributed by atoms with Crippen LogP contribution >= 0.6 is 0 Å². The Morgan fingerprint density at radius 2 is 1.81 bits per heavy atom. The molecule has 31 heavy (non-hydrogen) atoms. The van der Waals surface area contributed by atoms with Gasteiger partial charge in [-0.2, -0.15) is 9.67 Å². The fraction of sp³-hybridized carbons (Fsp3) is 0.429. The Balaban J connectivity index is 1.21. The van der Waals surface area contributed by atoms with Crippen LogP contribution in [0.1, 0.15) is 25.7 Å². The molecule has 0 unspecified atom stereocenters. The number of hydrogen-bond donors (Lipinski definition) is 1. The number of hydrogen-bond acceptors (Lipinski definition) is 8. The van der Waals surface area contributed by atoms with Gasteiger partial charge < -0.3 is 10.1 Å². The number of fused-ring (bicyclic) bond motifs is 1. The summed E-state index contributed by atoms with van der Waals surface area (Å²) in [6.07, 6.45) is 5.43. The molecule has 1 aromatic carbocycles. The Labute approximate surface area is 178 Å². The summed E-state index contributed by atoms with van der Waals surface area (Å²) in [5.41, 5.74) is 1.70. The highest BCUT2D eigenvalue weighted by Crippen LogP contribution is 2.27. The predicted octanol–water partition coefficient (Wildman–Crippen LogP) is 1.57. The van der Waals surface area contributed by atoms with Crippen LogP contribution in [0.5, 0.6) is 0 Å². The molecule has 5 rings (SSSR count). The van der Waals surface area contributed by atoms with Crippen molar-refractivity contribution in [1.82, 2.24) is 29.9 Å². The number of benzene rings is 1. The zero-order valence-corrected chi connectivity index (χ0v) is 17.0. The lowest BCUT2D eigenvalue weighted by atomic mass is 9.85. The molecule has 1 aliphatic carbocycles. The van der Waals surface area contributed by atoms with Gasteiger partial charge in [0.1, 0.15) is 18.7 Å². The minimum atomic E-state index is -0.234. The largest absolute Gasteiger partial charge is 0.362 e. The molecule has 3 heterocycles. The number of rotatable bonds is 5. The number of amides is 2. The monoisotopic (exact) mass is 421 g/mol. The fourth-order valence-electron chi connectivity index (χ4n) is 4.23. The van der Waals surface area contributed by atoms with Crippen LogP contribution in [0.25, 0.3) is 16.9 Å². The SMILES string of the molecule is O=C1COCC(=O)N1C[C@H]1CC[C@H](Nc2nccc(-n3nnc4ccccc43)n2)CC1. The number of nitrogens with one attached hydrogen (secondary N) is 1. The fourth-order valence-corrected chi connectivity index (χ4v) is 4.23. The van der Waals surface area contributed by atoms with E-state index < -0.39 is 0 Å². The van der Waals surface area contributed by atoms with Gasteiger partial charge in [0.25, 0.3) is 11.8 Å². The van der Waals surface area contributed by atoms with Crippen molar-refractivity contribution in [3.05, 3.63) is 36.5 Å². The van der Waals surface area contributed by atoms with E-state index in [9.17, 15) is 9.59 Å². The average molecular weight is 421 g/mol. The van der Waals surface area contributed by atoms with E-state index >= 15 is 0 Å². The maximum Gasteiger partial charge on any atom is 0.255 e. The summed E-state index contributed by atoms with van der Waals surface area (Å²) in [5, 5.41) is 11.8. The van der Waals surface area contributed by atoms with E-state index in [0.29, 0.717) is 24.2 Å². The summed E-state index contributed by atoms with van der Waals surface area (Å²) in [4.78, 5) is 34.2. The van der Waals surface area contributed by atoms with Gasteiger partial charge in [-0.3, -0.25) is 14.5 Å². The second kappa shape index (κ2) is 8.38. The molecular formula is C21H23N7O3. The van der Waals surface area contributed by atoms with Crippen LogP contribution in [0.2, 0.25) is 0 Å². The maximum absolute atomic E-state index is 11.9. The normalized spacial score (nSPS) is 22.1. The predicted molar refractivity (Wildman–Crippen MR) is 111 cm³/mol. The van der Waals surface area contributed by atoms with Crippen molar-refractivity contribution in [3.63, 3.8) is 0 Å². The van der Waals surface area contributed by atoms with Gasteiger partial charge in [-0.05, 0) is 43.7 Å². The molecule has 1 aliphatic heterocycles. The van der Waals surface area contributed by atoms with E-state index in [0.717, 1.165) is 36.7 Å². The van der Waals surface area contributed by atoms with E-state index in [2.05, 4.69) is 25.6 Å². The third-order valence-corrected chi connectivity index (χ3v) is 5.88. The molecule has 1 N–H and O–H groups in total. The first-order valence-electron chi connectivity index (χ1n) is 10.5. The van der Waals surface area contributed by atoms with Crippen molar-refractivity contribution in [3.8, 4) is 5.82 Å². The smallest absolute Gasteiger partial charge is 0.255 e. The molecule has 0 bridgehead atoms. The van der Waals surface area contributed by atoms with Crippen molar-refractivity contribution in [1.29, 1.82) is 0 Å². The van der Waals surface area contributed by atoms with E-state index in [4.69, 9.17) is 4.74 Å². The number of ether oxygens (including phenoxy) is 1. The molecule has 2 aromatic heterocycles. The third kappa shape index (κ3) is 4.11. The molecule has 1 saturated carbocycles. The number of nitrogens with zero attached hydrogens (tertiary/aromatic N) is 6. The lowest BCUT2D eigenvalue weighted by molar-refractivity contribution is -0.159. The standard InChI is InChI=1S/C21H23N7O3/c29-19-12-31-13-20(30)27(19)11-14-5-7-15(8-6-14)23-21-22-10-9-18(24-21)28-17-4-2-1-3-16(17)25-26-28/h1-4,9-10,14-15H,5-8,11-13H2,(H,22,23,24)/t14-,15-. The zero-order chi connectivity index (χ0) is 21.2. The van der Waals surface area contributed by atoms with Crippen LogP contribution < -0.4 is 5.32 Å². The summed E-state index contributed by atoms with van der Waals surface area (Å²) in [6.45, 7) is 0.480. The number of anilines is 1. The topological polar surface area (TPSA) is 115 Å². The Morgan fingerprint density at radius 3 is 2.61 bits per heavy atom. The molecular weight excluding hydrogens is 398 g/mol. The average Bonchev–Trinajstić information content (AvgIpc) is 3.22. The lowest BCUT2D eigenvalue weighted by Gasteiger charge is -2.33. The van der Waals surface area contributed by atoms with Crippen molar-refractivity contribution >= 4 is 28.8 Å². The quantitative estimate of drug-likeness (QED) is 0.617. The number of imide groups is 1. The van der Waals surface area contributed by atoms with Crippen molar-refractivity contribution in [2.45, 2.75) is 31.7 Å². The molecule has 0 atom stereocenters. The van der Waals surface area contributed by atoms with Crippen LogP contribution in [0.3, 0.4) is 0 Å². The first-order valence-corrected chi connectivity index (χ1v) is 10.5. The van der Waals surface area contributed by atoms with Gasteiger partial charge >= 0.3 is 0 Å². The highest BCUT2D eigenvalue weighted by atomic mass is 16.5. The molecule has 0 radical (unpaired) electrons. The molecule has 2 aliphatic rings. The maximum atomic E-state index is 11.9. The van der Waals surface area contributed by atoms with Gasteiger partial charge in [0.15, 0.2) is 5.82 Å².